The molecule has 0 aliphatic heterocycles. The van der Waals surface area contributed by atoms with Crippen molar-refractivity contribution in [1.29, 1.82) is 0 Å². The van der Waals surface area contributed by atoms with Gasteiger partial charge in [-0.05, 0) is 39.1 Å². The highest BCUT2D eigenvalue weighted by atomic mass is 14.0. The van der Waals surface area contributed by atoms with Crippen LogP contribution in [-0.2, 0) is 6.42 Å². The summed E-state index contributed by atoms with van der Waals surface area (Å²) in [7, 11) is 0. The first kappa shape index (κ1) is 13.8. The van der Waals surface area contributed by atoms with Crippen LogP contribution in [0.1, 0.15) is 11.1 Å². The Kier molecular flexibility index (Phi) is 3.65. The third kappa shape index (κ3) is 2.76. The van der Waals surface area contributed by atoms with Crippen LogP contribution >= 0.6 is 0 Å². The number of benzene rings is 4. The summed E-state index contributed by atoms with van der Waals surface area (Å²) in [6.07, 6.45) is 5.46. The van der Waals surface area contributed by atoms with E-state index in [-0.39, 0.29) is 0 Å². The van der Waals surface area contributed by atoms with Crippen LogP contribution in [0.2, 0.25) is 0 Å². The van der Waals surface area contributed by atoms with Crippen LogP contribution in [0.4, 0.5) is 0 Å². The first-order valence-electron chi connectivity index (χ1n) is 8.03. The van der Waals surface area contributed by atoms with Gasteiger partial charge in [-0.1, -0.05) is 97.1 Å². The van der Waals surface area contributed by atoms with Crippen molar-refractivity contribution in [2.24, 2.45) is 0 Å². The van der Waals surface area contributed by atoms with Crippen molar-refractivity contribution in [1.82, 2.24) is 0 Å². The molecule has 0 spiro atoms. The SMILES string of the molecule is C(=Cc1cccc2ccccc12)Cc1cccc2ccccc12. The minimum atomic E-state index is 0.949. The summed E-state index contributed by atoms with van der Waals surface area (Å²) < 4.78 is 0. The van der Waals surface area contributed by atoms with Crippen molar-refractivity contribution < 1.29 is 0 Å². The van der Waals surface area contributed by atoms with Crippen molar-refractivity contribution >= 4 is 27.6 Å². The molecule has 0 aromatic heterocycles. The lowest BCUT2D eigenvalue weighted by Crippen LogP contribution is -1.84. The molecule has 110 valence electrons. The number of allylic oxidation sites excluding steroid dienone is 1. The van der Waals surface area contributed by atoms with E-state index >= 15 is 0 Å². The Labute approximate surface area is 136 Å². The Hall–Kier alpha value is -2.86. The minimum Gasteiger partial charge on any atom is -0.0795 e. The molecule has 0 bridgehead atoms. The topological polar surface area (TPSA) is 0 Å². The molecule has 4 rings (SSSR count). The van der Waals surface area contributed by atoms with E-state index < -0.39 is 0 Å². The molecule has 0 amide bonds. The first-order valence-corrected chi connectivity index (χ1v) is 8.03. The molecule has 0 nitrogen and oxygen atoms in total. The molecule has 0 saturated carbocycles. The van der Waals surface area contributed by atoms with Gasteiger partial charge in [0.2, 0.25) is 0 Å². The van der Waals surface area contributed by atoms with Gasteiger partial charge in [0.1, 0.15) is 0 Å². The fourth-order valence-corrected chi connectivity index (χ4v) is 3.18. The van der Waals surface area contributed by atoms with E-state index in [4.69, 9.17) is 0 Å². The molecule has 4 aromatic rings. The molecule has 0 unspecified atom stereocenters. The quantitative estimate of drug-likeness (QED) is 0.419. The van der Waals surface area contributed by atoms with Crippen LogP contribution in [0.15, 0.2) is 91.0 Å². The van der Waals surface area contributed by atoms with Crippen molar-refractivity contribution in [3.63, 3.8) is 0 Å². The Morgan fingerprint density at radius 3 is 2.00 bits per heavy atom. The summed E-state index contributed by atoms with van der Waals surface area (Å²) in [6.45, 7) is 0. The molecule has 4 aromatic carbocycles. The van der Waals surface area contributed by atoms with E-state index in [0.717, 1.165) is 6.42 Å². The molecular weight excluding hydrogens is 276 g/mol. The molecule has 0 radical (unpaired) electrons. The molecule has 0 saturated heterocycles. The summed E-state index contributed by atoms with van der Waals surface area (Å²) in [5.74, 6) is 0. The number of hydrogen-bond acceptors (Lipinski definition) is 0. The lowest BCUT2D eigenvalue weighted by atomic mass is 10.0. The van der Waals surface area contributed by atoms with Gasteiger partial charge in [-0.2, -0.15) is 0 Å². The van der Waals surface area contributed by atoms with E-state index in [1.165, 1.54) is 32.7 Å². The van der Waals surface area contributed by atoms with Gasteiger partial charge >= 0.3 is 0 Å². The number of fused-ring (bicyclic) bond motifs is 2. The Morgan fingerprint density at radius 2 is 1.17 bits per heavy atom. The smallest absolute Gasteiger partial charge is 0.00880 e. The lowest BCUT2D eigenvalue weighted by molar-refractivity contribution is 1.31. The van der Waals surface area contributed by atoms with Gasteiger partial charge in [0, 0.05) is 0 Å². The molecule has 0 fully saturated rings. The van der Waals surface area contributed by atoms with E-state index in [2.05, 4.69) is 97.1 Å². The van der Waals surface area contributed by atoms with Gasteiger partial charge in [-0.25, -0.2) is 0 Å². The van der Waals surface area contributed by atoms with Gasteiger partial charge in [-0.3, -0.25) is 0 Å². The molecule has 0 atom stereocenters. The Bertz CT molecular complexity index is 982. The summed E-state index contributed by atoms with van der Waals surface area (Å²) in [4.78, 5) is 0. The predicted molar refractivity (Wildman–Crippen MR) is 101 cm³/mol. The van der Waals surface area contributed by atoms with E-state index in [9.17, 15) is 0 Å². The maximum absolute atomic E-state index is 2.27. The van der Waals surface area contributed by atoms with E-state index in [0.29, 0.717) is 0 Å². The van der Waals surface area contributed by atoms with E-state index in [1.54, 1.807) is 0 Å². The Balaban J connectivity index is 1.66. The largest absolute Gasteiger partial charge is 0.0795 e. The second-order valence-electron chi connectivity index (χ2n) is 5.81. The Morgan fingerprint density at radius 1 is 0.565 bits per heavy atom. The van der Waals surface area contributed by atoms with Crippen LogP contribution < -0.4 is 0 Å². The number of rotatable bonds is 3. The maximum atomic E-state index is 2.27. The molecule has 0 N–H and O–H groups in total. The van der Waals surface area contributed by atoms with Crippen molar-refractivity contribution in [3.05, 3.63) is 102 Å². The van der Waals surface area contributed by atoms with Crippen molar-refractivity contribution in [2.45, 2.75) is 6.42 Å². The van der Waals surface area contributed by atoms with Crippen LogP contribution in [0.3, 0.4) is 0 Å². The molecule has 0 heteroatoms. The first-order chi connectivity index (χ1) is 11.4. The zero-order chi connectivity index (χ0) is 15.5. The molecule has 23 heavy (non-hydrogen) atoms. The summed E-state index contributed by atoms with van der Waals surface area (Å²) in [5.41, 5.74) is 2.66. The molecule has 0 aliphatic rings. The fourth-order valence-electron chi connectivity index (χ4n) is 3.18. The number of hydrogen-bond donors (Lipinski definition) is 0. The zero-order valence-electron chi connectivity index (χ0n) is 12.9. The van der Waals surface area contributed by atoms with E-state index in [1.807, 2.05) is 0 Å². The van der Waals surface area contributed by atoms with Crippen molar-refractivity contribution in [2.75, 3.05) is 0 Å². The van der Waals surface area contributed by atoms with Crippen LogP contribution in [0.25, 0.3) is 27.6 Å². The van der Waals surface area contributed by atoms with Crippen LogP contribution in [-0.4, -0.2) is 0 Å². The third-order valence-electron chi connectivity index (χ3n) is 4.34. The van der Waals surface area contributed by atoms with Gasteiger partial charge in [0.15, 0.2) is 0 Å². The maximum Gasteiger partial charge on any atom is -0.00880 e. The summed E-state index contributed by atoms with van der Waals surface area (Å²) >= 11 is 0. The summed E-state index contributed by atoms with van der Waals surface area (Å²) in [6, 6.07) is 30.1. The van der Waals surface area contributed by atoms with Gasteiger partial charge in [0.25, 0.3) is 0 Å². The predicted octanol–water partition coefficient (Wildman–Crippen LogP) is 6.25. The average molecular weight is 294 g/mol. The third-order valence-corrected chi connectivity index (χ3v) is 4.34. The second kappa shape index (κ2) is 6.10. The monoisotopic (exact) mass is 294 g/mol. The second-order valence-corrected chi connectivity index (χ2v) is 5.81. The average Bonchev–Trinajstić information content (AvgIpc) is 2.62. The minimum absolute atomic E-state index is 0.949. The fraction of sp³-hybridized carbons (Fsp3) is 0.0435. The molecule has 0 aliphatic carbocycles. The van der Waals surface area contributed by atoms with Gasteiger partial charge in [-0.15, -0.1) is 0 Å². The zero-order valence-corrected chi connectivity index (χ0v) is 12.9. The standard InChI is InChI=1S/C23H18/c1-3-16-22-18(8-1)10-5-12-20(22)14-7-15-21-13-6-11-19-9-2-4-17-23(19)21/h1-14,16-17H,15H2. The normalized spacial score (nSPS) is 11.5. The molecular formula is C23H18. The highest BCUT2D eigenvalue weighted by molar-refractivity contribution is 5.90. The van der Waals surface area contributed by atoms with Gasteiger partial charge < -0.3 is 0 Å². The molecule has 0 heterocycles. The van der Waals surface area contributed by atoms with Crippen LogP contribution in [0.5, 0.6) is 0 Å². The highest BCUT2D eigenvalue weighted by Gasteiger charge is 1.99. The van der Waals surface area contributed by atoms with Crippen molar-refractivity contribution in [3.8, 4) is 0 Å². The summed E-state index contributed by atoms with van der Waals surface area (Å²) in [5, 5.41) is 5.25. The lowest BCUT2D eigenvalue weighted by Gasteiger charge is -2.04. The van der Waals surface area contributed by atoms with Gasteiger partial charge in [0.05, 0.1) is 0 Å². The van der Waals surface area contributed by atoms with Crippen LogP contribution in [0, 0.1) is 0 Å². The highest BCUT2D eigenvalue weighted by Crippen LogP contribution is 2.22.